The Kier molecular flexibility index (Phi) is 4.56. The summed E-state index contributed by atoms with van der Waals surface area (Å²) in [5, 5.41) is 2.56. The molecule has 0 bridgehead atoms. The largest absolute Gasteiger partial charge is 0.368 e. The van der Waals surface area contributed by atoms with Gasteiger partial charge in [0.1, 0.15) is 5.54 Å². The standard InChI is InChI=1S/C9H19N3O2/c1-4-6(5-10)7(13)12-9(2,3)8(11)14/h6H,4-5,10H2,1-3H3,(H2,11,14)(H,12,13). The highest BCUT2D eigenvalue weighted by molar-refractivity contribution is 5.90. The average molecular weight is 201 g/mol. The van der Waals surface area contributed by atoms with E-state index < -0.39 is 11.4 Å². The zero-order valence-corrected chi connectivity index (χ0v) is 8.96. The van der Waals surface area contributed by atoms with Crippen LogP contribution in [-0.2, 0) is 9.59 Å². The van der Waals surface area contributed by atoms with Gasteiger partial charge in [-0.2, -0.15) is 0 Å². The van der Waals surface area contributed by atoms with Crippen LogP contribution in [-0.4, -0.2) is 23.9 Å². The van der Waals surface area contributed by atoms with E-state index in [0.29, 0.717) is 6.42 Å². The van der Waals surface area contributed by atoms with Crippen molar-refractivity contribution in [2.75, 3.05) is 6.54 Å². The maximum atomic E-state index is 11.5. The minimum Gasteiger partial charge on any atom is -0.368 e. The third kappa shape index (κ3) is 3.33. The number of hydrogen-bond acceptors (Lipinski definition) is 3. The molecule has 0 spiro atoms. The first-order valence-corrected chi connectivity index (χ1v) is 4.67. The van der Waals surface area contributed by atoms with E-state index >= 15 is 0 Å². The van der Waals surface area contributed by atoms with Crippen molar-refractivity contribution in [2.24, 2.45) is 17.4 Å². The molecule has 0 heterocycles. The second kappa shape index (κ2) is 4.95. The van der Waals surface area contributed by atoms with E-state index in [1.54, 1.807) is 13.8 Å². The van der Waals surface area contributed by atoms with Gasteiger partial charge in [-0.25, -0.2) is 0 Å². The normalized spacial score (nSPS) is 13.4. The maximum absolute atomic E-state index is 11.5. The predicted octanol–water partition coefficient (Wildman–Crippen LogP) is -0.649. The number of carbonyl (C=O) groups excluding carboxylic acids is 2. The molecule has 0 aromatic heterocycles. The molecule has 0 saturated carbocycles. The smallest absolute Gasteiger partial charge is 0.242 e. The van der Waals surface area contributed by atoms with Crippen LogP contribution in [0.5, 0.6) is 0 Å². The number of nitrogens with one attached hydrogen (secondary N) is 1. The van der Waals surface area contributed by atoms with Crippen LogP contribution in [0, 0.1) is 5.92 Å². The van der Waals surface area contributed by atoms with E-state index in [9.17, 15) is 9.59 Å². The van der Waals surface area contributed by atoms with Crippen molar-refractivity contribution < 1.29 is 9.59 Å². The van der Waals surface area contributed by atoms with Crippen molar-refractivity contribution in [3.63, 3.8) is 0 Å². The molecular weight excluding hydrogens is 182 g/mol. The van der Waals surface area contributed by atoms with E-state index in [1.165, 1.54) is 0 Å². The van der Waals surface area contributed by atoms with Crippen LogP contribution in [0.4, 0.5) is 0 Å². The molecule has 1 unspecified atom stereocenters. The molecule has 0 aliphatic heterocycles. The van der Waals surface area contributed by atoms with Crippen molar-refractivity contribution >= 4 is 11.8 Å². The lowest BCUT2D eigenvalue weighted by molar-refractivity contribution is -0.132. The second-order valence-electron chi connectivity index (χ2n) is 3.82. The maximum Gasteiger partial charge on any atom is 0.242 e. The first-order chi connectivity index (χ1) is 6.35. The molecule has 1 atom stereocenters. The summed E-state index contributed by atoms with van der Waals surface area (Å²) in [6.07, 6.45) is 0.650. The number of amides is 2. The van der Waals surface area contributed by atoms with Crippen molar-refractivity contribution in [3.8, 4) is 0 Å². The molecule has 82 valence electrons. The molecule has 0 saturated heterocycles. The Morgan fingerprint density at radius 1 is 1.43 bits per heavy atom. The molecular formula is C9H19N3O2. The molecule has 0 radical (unpaired) electrons. The second-order valence-corrected chi connectivity index (χ2v) is 3.82. The van der Waals surface area contributed by atoms with Crippen LogP contribution in [0.25, 0.3) is 0 Å². The van der Waals surface area contributed by atoms with E-state index in [0.717, 1.165) is 0 Å². The summed E-state index contributed by atoms with van der Waals surface area (Å²) in [4.78, 5) is 22.5. The van der Waals surface area contributed by atoms with Crippen LogP contribution in [0.1, 0.15) is 27.2 Å². The van der Waals surface area contributed by atoms with Crippen LogP contribution in [0.15, 0.2) is 0 Å². The lowest BCUT2D eigenvalue weighted by atomic mass is 10.0. The SMILES string of the molecule is CCC(CN)C(=O)NC(C)(C)C(N)=O. The fraction of sp³-hybridized carbons (Fsp3) is 0.778. The summed E-state index contributed by atoms with van der Waals surface area (Å²) in [5.74, 6) is -1.04. The van der Waals surface area contributed by atoms with Gasteiger partial charge in [-0.3, -0.25) is 9.59 Å². The van der Waals surface area contributed by atoms with Gasteiger partial charge >= 0.3 is 0 Å². The summed E-state index contributed by atoms with van der Waals surface area (Å²) in [6.45, 7) is 5.28. The van der Waals surface area contributed by atoms with Crippen LogP contribution < -0.4 is 16.8 Å². The lowest BCUT2D eigenvalue weighted by Gasteiger charge is -2.24. The minimum absolute atomic E-state index is 0.223. The highest BCUT2D eigenvalue weighted by Crippen LogP contribution is 2.05. The molecule has 5 N–H and O–H groups in total. The Labute approximate surface area is 84.2 Å². The van der Waals surface area contributed by atoms with Gasteiger partial charge in [-0.15, -0.1) is 0 Å². The molecule has 14 heavy (non-hydrogen) atoms. The monoisotopic (exact) mass is 201 g/mol. The van der Waals surface area contributed by atoms with Gasteiger partial charge in [-0.05, 0) is 20.3 Å². The minimum atomic E-state index is -1.01. The summed E-state index contributed by atoms with van der Waals surface area (Å²) in [7, 11) is 0. The van der Waals surface area contributed by atoms with E-state index in [1.807, 2.05) is 6.92 Å². The fourth-order valence-electron chi connectivity index (χ4n) is 0.931. The Balaban J connectivity index is 4.38. The van der Waals surface area contributed by atoms with Gasteiger partial charge in [0.15, 0.2) is 0 Å². The Bertz CT molecular complexity index is 222. The molecule has 5 nitrogen and oxygen atoms in total. The first-order valence-electron chi connectivity index (χ1n) is 4.67. The Morgan fingerprint density at radius 3 is 2.21 bits per heavy atom. The van der Waals surface area contributed by atoms with E-state index in [-0.39, 0.29) is 18.4 Å². The van der Waals surface area contributed by atoms with Gasteiger partial charge in [0.05, 0.1) is 0 Å². The average Bonchev–Trinajstić information content (AvgIpc) is 2.05. The predicted molar refractivity (Wildman–Crippen MR) is 54.3 cm³/mol. The van der Waals surface area contributed by atoms with Crippen molar-refractivity contribution in [2.45, 2.75) is 32.7 Å². The lowest BCUT2D eigenvalue weighted by Crippen LogP contribution is -2.55. The summed E-state index contributed by atoms with van der Waals surface area (Å²) in [5.41, 5.74) is 9.50. The quantitative estimate of drug-likeness (QED) is 0.551. The van der Waals surface area contributed by atoms with Gasteiger partial charge in [0.25, 0.3) is 0 Å². The molecule has 0 rings (SSSR count). The van der Waals surface area contributed by atoms with E-state index in [4.69, 9.17) is 11.5 Å². The number of hydrogen-bond donors (Lipinski definition) is 3. The van der Waals surface area contributed by atoms with Gasteiger partial charge < -0.3 is 16.8 Å². The topological polar surface area (TPSA) is 98.2 Å². The molecule has 5 heteroatoms. The summed E-state index contributed by atoms with van der Waals surface area (Å²) in [6, 6.07) is 0. The highest BCUT2D eigenvalue weighted by atomic mass is 16.2. The summed E-state index contributed by atoms with van der Waals surface area (Å²) >= 11 is 0. The first kappa shape index (κ1) is 12.9. The Hall–Kier alpha value is -1.10. The van der Waals surface area contributed by atoms with Crippen molar-refractivity contribution in [3.05, 3.63) is 0 Å². The Morgan fingerprint density at radius 2 is 1.93 bits per heavy atom. The molecule has 0 aromatic carbocycles. The number of primary amides is 1. The van der Waals surface area contributed by atoms with Gasteiger partial charge in [-0.1, -0.05) is 6.92 Å². The van der Waals surface area contributed by atoms with E-state index in [2.05, 4.69) is 5.32 Å². The zero-order chi connectivity index (χ0) is 11.4. The molecule has 0 aliphatic carbocycles. The highest BCUT2D eigenvalue weighted by Gasteiger charge is 2.29. The molecule has 0 aromatic rings. The van der Waals surface area contributed by atoms with Crippen molar-refractivity contribution in [1.82, 2.24) is 5.32 Å². The third-order valence-electron chi connectivity index (χ3n) is 2.20. The fourth-order valence-corrected chi connectivity index (χ4v) is 0.931. The number of rotatable bonds is 5. The van der Waals surface area contributed by atoms with Crippen LogP contribution in [0.3, 0.4) is 0 Å². The molecule has 0 aliphatic rings. The molecule has 2 amide bonds. The third-order valence-corrected chi connectivity index (χ3v) is 2.20. The zero-order valence-electron chi connectivity index (χ0n) is 8.96. The van der Waals surface area contributed by atoms with Crippen LogP contribution in [0.2, 0.25) is 0 Å². The van der Waals surface area contributed by atoms with Crippen molar-refractivity contribution in [1.29, 1.82) is 0 Å². The van der Waals surface area contributed by atoms with Gasteiger partial charge in [0, 0.05) is 12.5 Å². The molecule has 0 fully saturated rings. The number of carbonyl (C=O) groups is 2. The van der Waals surface area contributed by atoms with Crippen LogP contribution >= 0.6 is 0 Å². The van der Waals surface area contributed by atoms with Gasteiger partial charge in [0.2, 0.25) is 11.8 Å². The summed E-state index contributed by atoms with van der Waals surface area (Å²) < 4.78 is 0. The number of nitrogens with two attached hydrogens (primary N) is 2.